The van der Waals surface area contributed by atoms with Gasteiger partial charge in [-0.25, -0.2) is 4.79 Å². The normalized spacial score (nSPS) is 15.5. The first kappa shape index (κ1) is 16.3. The highest BCUT2D eigenvalue weighted by molar-refractivity contribution is 5.67. The maximum Gasteiger partial charge on any atom is 0.410 e. The van der Waals surface area contributed by atoms with E-state index in [1.165, 1.54) is 0 Å². The van der Waals surface area contributed by atoms with Crippen LogP contribution in [0, 0.1) is 0 Å². The van der Waals surface area contributed by atoms with Crippen LogP contribution in [0.4, 0.5) is 4.79 Å². The van der Waals surface area contributed by atoms with Crippen LogP contribution < -0.4 is 0 Å². The number of hydrogen-bond donors (Lipinski definition) is 1. The van der Waals surface area contributed by atoms with Crippen molar-refractivity contribution in [3.8, 4) is 0 Å². The highest BCUT2D eigenvalue weighted by Crippen LogP contribution is 2.07. The van der Waals surface area contributed by atoms with Gasteiger partial charge < -0.3 is 14.7 Å². The summed E-state index contributed by atoms with van der Waals surface area (Å²) in [5.41, 5.74) is 0.975. The summed E-state index contributed by atoms with van der Waals surface area (Å²) < 4.78 is 5.31. The maximum atomic E-state index is 12.0. The van der Waals surface area contributed by atoms with Gasteiger partial charge in [-0.3, -0.25) is 9.69 Å². The summed E-state index contributed by atoms with van der Waals surface area (Å²) in [5, 5.41) is 8.62. The summed E-state index contributed by atoms with van der Waals surface area (Å²) in [6.45, 7) is 3.83. The standard InChI is InChI=1S/C16H22N2O4/c19-15(20)7-4-8-17-9-11-18(12-10-17)16(21)22-13-14-5-2-1-3-6-14/h1-3,5-6H,4,7-13H2,(H,19,20). The molecule has 0 aliphatic carbocycles. The van der Waals surface area contributed by atoms with Crippen molar-refractivity contribution in [1.29, 1.82) is 0 Å². The molecule has 1 fully saturated rings. The summed E-state index contributed by atoms with van der Waals surface area (Å²) in [5.74, 6) is -0.761. The zero-order valence-corrected chi connectivity index (χ0v) is 12.6. The number of aliphatic carboxylic acids is 1. The van der Waals surface area contributed by atoms with E-state index in [1.807, 2.05) is 30.3 Å². The first-order valence-electron chi connectivity index (χ1n) is 7.55. The molecule has 1 aromatic rings. The highest BCUT2D eigenvalue weighted by atomic mass is 16.6. The molecule has 1 heterocycles. The predicted molar refractivity (Wildman–Crippen MR) is 81.5 cm³/mol. The van der Waals surface area contributed by atoms with Gasteiger partial charge in [0.05, 0.1) is 0 Å². The number of ether oxygens (including phenoxy) is 1. The lowest BCUT2D eigenvalue weighted by Crippen LogP contribution is -2.49. The Bertz CT molecular complexity index is 484. The lowest BCUT2D eigenvalue weighted by atomic mass is 10.2. The van der Waals surface area contributed by atoms with Crippen LogP contribution in [0.15, 0.2) is 30.3 Å². The third kappa shape index (κ3) is 5.37. The maximum absolute atomic E-state index is 12.0. The van der Waals surface area contributed by atoms with Gasteiger partial charge in [-0.2, -0.15) is 0 Å². The van der Waals surface area contributed by atoms with Gasteiger partial charge in [0.1, 0.15) is 6.61 Å². The molecule has 1 aliphatic heterocycles. The van der Waals surface area contributed by atoms with E-state index in [0.717, 1.165) is 25.2 Å². The van der Waals surface area contributed by atoms with E-state index in [1.54, 1.807) is 4.90 Å². The number of carboxylic acid groups (broad SMARTS) is 1. The van der Waals surface area contributed by atoms with E-state index in [-0.39, 0.29) is 12.5 Å². The minimum atomic E-state index is -0.761. The van der Waals surface area contributed by atoms with Gasteiger partial charge in [0.15, 0.2) is 0 Å². The van der Waals surface area contributed by atoms with Crippen molar-refractivity contribution in [2.45, 2.75) is 19.4 Å². The molecule has 1 amide bonds. The molecule has 0 unspecified atom stereocenters. The van der Waals surface area contributed by atoms with Gasteiger partial charge in [-0.05, 0) is 18.5 Å². The van der Waals surface area contributed by atoms with E-state index in [0.29, 0.717) is 26.1 Å². The topological polar surface area (TPSA) is 70.1 Å². The second-order valence-electron chi connectivity index (χ2n) is 5.37. The largest absolute Gasteiger partial charge is 0.481 e. The number of rotatable bonds is 6. The Morgan fingerprint density at radius 1 is 1.09 bits per heavy atom. The van der Waals surface area contributed by atoms with Gasteiger partial charge in [0.25, 0.3) is 0 Å². The molecule has 1 saturated heterocycles. The third-order valence-electron chi connectivity index (χ3n) is 3.70. The smallest absolute Gasteiger partial charge is 0.410 e. The first-order valence-corrected chi connectivity index (χ1v) is 7.55. The Balaban J connectivity index is 1.65. The van der Waals surface area contributed by atoms with Crippen molar-refractivity contribution in [3.05, 3.63) is 35.9 Å². The summed E-state index contributed by atoms with van der Waals surface area (Å²) in [4.78, 5) is 26.4. The first-order chi connectivity index (χ1) is 10.6. The fraction of sp³-hybridized carbons (Fsp3) is 0.500. The minimum Gasteiger partial charge on any atom is -0.481 e. The Kier molecular flexibility index (Phi) is 6.21. The molecule has 6 nitrogen and oxygen atoms in total. The molecule has 1 aliphatic rings. The van der Waals surface area contributed by atoms with Crippen molar-refractivity contribution in [2.24, 2.45) is 0 Å². The fourth-order valence-electron chi connectivity index (χ4n) is 2.42. The van der Waals surface area contributed by atoms with Gasteiger partial charge >= 0.3 is 12.1 Å². The van der Waals surface area contributed by atoms with E-state index >= 15 is 0 Å². The quantitative estimate of drug-likeness (QED) is 0.868. The Morgan fingerprint density at radius 3 is 2.41 bits per heavy atom. The van der Waals surface area contributed by atoms with Gasteiger partial charge in [0, 0.05) is 32.6 Å². The summed E-state index contributed by atoms with van der Waals surface area (Å²) in [6.07, 6.45) is 0.557. The number of carbonyl (C=O) groups is 2. The van der Waals surface area contributed by atoms with E-state index in [2.05, 4.69) is 4.90 Å². The van der Waals surface area contributed by atoms with Crippen LogP contribution in [0.5, 0.6) is 0 Å². The van der Waals surface area contributed by atoms with Crippen LogP contribution >= 0.6 is 0 Å². The Labute approximate surface area is 130 Å². The van der Waals surface area contributed by atoms with Crippen LogP contribution in [-0.4, -0.2) is 59.7 Å². The van der Waals surface area contributed by atoms with Crippen molar-refractivity contribution >= 4 is 12.1 Å². The van der Waals surface area contributed by atoms with Crippen molar-refractivity contribution in [2.75, 3.05) is 32.7 Å². The van der Waals surface area contributed by atoms with Crippen LogP contribution in [0.1, 0.15) is 18.4 Å². The van der Waals surface area contributed by atoms with E-state index in [4.69, 9.17) is 9.84 Å². The second kappa shape index (κ2) is 8.38. The zero-order valence-electron chi connectivity index (χ0n) is 12.6. The van der Waals surface area contributed by atoms with Crippen molar-refractivity contribution in [3.63, 3.8) is 0 Å². The van der Waals surface area contributed by atoms with Gasteiger partial charge in [-0.15, -0.1) is 0 Å². The number of carboxylic acids is 1. The number of nitrogens with zero attached hydrogens (tertiary/aromatic N) is 2. The van der Waals surface area contributed by atoms with Crippen molar-refractivity contribution in [1.82, 2.24) is 9.80 Å². The molecule has 2 rings (SSSR count). The summed E-state index contributed by atoms with van der Waals surface area (Å²) in [6, 6.07) is 9.61. The molecule has 22 heavy (non-hydrogen) atoms. The lowest BCUT2D eigenvalue weighted by Gasteiger charge is -2.33. The SMILES string of the molecule is O=C(O)CCCN1CCN(C(=O)OCc2ccccc2)CC1. The van der Waals surface area contributed by atoms with Crippen LogP contribution in [-0.2, 0) is 16.1 Å². The number of amides is 1. The molecular formula is C16H22N2O4. The monoisotopic (exact) mass is 306 g/mol. The van der Waals surface area contributed by atoms with E-state index < -0.39 is 5.97 Å². The Hall–Kier alpha value is -2.08. The average molecular weight is 306 g/mol. The van der Waals surface area contributed by atoms with Gasteiger partial charge in [-0.1, -0.05) is 30.3 Å². The van der Waals surface area contributed by atoms with Crippen molar-refractivity contribution < 1.29 is 19.4 Å². The van der Waals surface area contributed by atoms with Crippen LogP contribution in [0.25, 0.3) is 0 Å². The molecular weight excluding hydrogens is 284 g/mol. The average Bonchev–Trinajstić information content (AvgIpc) is 2.54. The number of hydrogen-bond acceptors (Lipinski definition) is 4. The molecule has 0 aromatic heterocycles. The van der Waals surface area contributed by atoms with Crippen LogP contribution in [0.2, 0.25) is 0 Å². The lowest BCUT2D eigenvalue weighted by molar-refractivity contribution is -0.137. The van der Waals surface area contributed by atoms with Crippen LogP contribution in [0.3, 0.4) is 0 Å². The Morgan fingerprint density at radius 2 is 1.77 bits per heavy atom. The molecule has 1 N–H and O–H groups in total. The summed E-state index contributed by atoms with van der Waals surface area (Å²) >= 11 is 0. The molecule has 0 bridgehead atoms. The highest BCUT2D eigenvalue weighted by Gasteiger charge is 2.21. The summed E-state index contributed by atoms with van der Waals surface area (Å²) in [7, 11) is 0. The molecule has 0 saturated carbocycles. The number of carbonyl (C=O) groups excluding carboxylic acids is 1. The minimum absolute atomic E-state index is 0.194. The molecule has 0 atom stereocenters. The fourth-order valence-corrected chi connectivity index (χ4v) is 2.42. The second-order valence-corrected chi connectivity index (χ2v) is 5.37. The molecule has 0 spiro atoms. The molecule has 120 valence electrons. The molecule has 0 radical (unpaired) electrons. The van der Waals surface area contributed by atoms with Gasteiger partial charge in [0.2, 0.25) is 0 Å². The molecule has 1 aromatic carbocycles. The number of piperazine rings is 1. The predicted octanol–water partition coefficient (Wildman–Crippen LogP) is 1.81. The molecule has 6 heteroatoms. The van der Waals surface area contributed by atoms with E-state index in [9.17, 15) is 9.59 Å². The zero-order chi connectivity index (χ0) is 15.8. The number of benzene rings is 1. The third-order valence-corrected chi connectivity index (χ3v) is 3.70.